The van der Waals surface area contributed by atoms with Crippen molar-refractivity contribution >= 4 is 0 Å². The summed E-state index contributed by atoms with van der Waals surface area (Å²) in [5.74, 6) is 1.42. The van der Waals surface area contributed by atoms with Crippen LogP contribution in [0.4, 0.5) is 0 Å². The van der Waals surface area contributed by atoms with Gasteiger partial charge in [0.15, 0.2) is 0 Å². The number of ether oxygens (including phenoxy) is 1. The molecule has 0 saturated heterocycles. The molecule has 22 heavy (non-hydrogen) atoms. The van der Waals surface area contributed by atoms with E-state index in [9.17, 15) is 5.11 Å². The predicted octanol–water partition coefficient (Wildman–Crippen LogP) is 4.02. The van der Waals surface area contributed by atoms with E-state index in [4.69, 9.17) is 10.5 Å². The lowest BCUT2D eigenvalue weighted by Gasteiger charge is -2.19. The third-order valence-electron chi connectivity index (χ3n) is 4.00. The number of aliphatic hydroxyl groups excluding tert-OH is 1. The van der Waals surface area contributed by atoms with Crippen LogP contribution in [0.25, 0.3) is 0 Å². The minimum atomic E-state index is -0.418. The van der Waals surface area contributed by atoms with Gasteiger partial charge in [-0.05, 0) is 48.8 Å². The van der Waals surface area contributed by atoms with Crippen LogP contribution in [0.5, 0.6) is 5.75 Å². The number of hydrogen-bond acceptors (Lipinski definition) is 3. The summed E-state index contributed by atoms with van der Waals surface area (Å²) in [4.78, 5) is 0. The third-order valence-corrected chi connectivity index (χ3v) is 4.00. The summed E-state index contributed by atoms with van der Waals surface area (Å²) in [5.41, 5.74) is 8.47. The Morgan fingerprint density at radius 2 is 1.86 bits per heavy atom. The zero-order valence-corrected chi connectivity index (χ0v) is 14.6. The molecule has 2 unspecified atom stereocenters. The molecule has 0 heterocycles. The number of aryl methyl sites for hydroxylation is 1. The highest BCUT2D eigenvalue weighted by Crippen LogP contribution is 2.28. The Morgan fingerprint density at radius 3 is 2.45 bits per heavy atom. The second-order valence-corrected chi connectivity index (χ2v) is 6.43. The molecule has 3 N–H and O–H groups in total. The molecule has 0 aliphatic rings. The topological polar surface area (TPSA) is 55.5 Å². The first-order valence-corrected chi connectivity index (χ1v) is 8.68. The zero-order valence-electron chi connectivity index (χ0n) is 14.6. The summed E-state index contributed by atoms with van der Waals surface area (Å²) in [6.07, 6.45) is 4.06. The zero-order chi connectivity index (χ0) is 16.5. The summed E-state index contributed by atoms with van der Waals surface area (Å²) < 4.78 is 5.83. The van der Waals surface area contributed by atoms with E-state index in [-0.39, 0.29) is 6.04 Å². The second kappa shape index (κ2) is 9.86. The van der Waals surface area contributed by atoms with Crippen LogP contribution in [0, 0.1) is 0 Å². The van der Waals surface area contributed by atoms with Crippen molar-refractivity contribution in [2.75, 3.05) is 6.61 Å². The normalized spacial score (nSPS) is 14.1. The van der Waals surface area contributed by atoms with Gasteiger partial charge in [0, 0.05) is 6.04 Å². The van der Waals surface area contributed by atoms with E-state index >= 15 is 0 Å². The number of nitrogens with two attached hydrogens (primary N) is 1. The Morgan fingerprint density at radius 1 is 1.14 bits per heavy atom. The van der Waals surface area contributed by atoms with E-state index in [2.05, 4.69) is 45.9 Å². The average Bonchev–Trinajstić information content (AvgIpc) is 2.50. The fourth-order valence-electron chi connectivity index (χ4n) is 2.60. The van der Waals surface area contributed by atoms with Gasteiger partial charge in [-0.25, -0.2) is 0 Å². The Kier molecular flexibility index (Phi) is 8.51. The van der Waals surface area contributed by atoms with Crippen molar-refractivity contribution in [2.45, 2.75) is 77.9 Å². The molecule has 3 nitrogen and oxygen atoms in total. The molecule has 0 aromatic heterocycles. The molecule has 1 aromatic carbocycles. The summed E-state index contributed by atoms with van der Waals surface area (Å²) in [5, 5.41) is 10.1. The van der Waals surface area contributed by atoms with Gasteiger partial charge < -0.3 is 15.6 Å². The van der Waals surface area contributed by atoms with Crippen molar-refractivity contribution in [3.05, 3.63) is 29.3 Å². The standard InChI is InChI=1S/C19H33NO2/c1-5-7-17(20)18(21)10-8-15-9-11-19(22-12-6-2)16(13-15)14(3)4/h9,11,13-14,17-18,21H,5-8,10,12,20H2,1-4H3. The number of aliphatic hydroxyl groups is 1. The first-order chi connectivity index (χ1) is 10.5. The first-order valence-electron chi connectivity index (χ1n) is 8.68. The van der Waals surface area contributed by atoms with E-state index in [0.29, 0.717) is 12.3 Å². The third kappa shape index (κ3) is 5.98. The highest BCUT2D eigenvalue weighted by molar-refractivity contribution is 5.39. The van der Waals surface area contributed by atoms with Crippen molar-refractivity contribution in [1.82, 2.24) is 0 Å². The fourth-order valence-corrected chi connectivity index (χ4v) is 2.60. The molecule has 0 amide bonds. The van der Waals surface area contributed by atoms with Gasteiger partial charge in [-0.15, -0.1) is 0 Å². The molecule has 0 fully saturated rings. The number of benzene rings is 1. The quantitative estimate of drug-likeness (QED) is 0.686. The minimum absolute atomic E-state index is 0.110. The molecule has 0 radical (unpaired) electrons. The van der Waals surface area contributed by atoms with Gasteiger partial charge >= 0.3 is 0 Å². The number of rotatable bonds is 10. The molecule has 126 valence electrons. The van der Waals surface area contributed by atoms with Crippen LogP contribution in [-0.4, -0.2) is 23.9 Å². The lowest BCUT2D eigenvalue weighted by molar-refractivity contribution is 0.131. The SMILES string of the molecule is CCCOc1ccc(CCC(O)C(N)CCC)cc1C(C)C. The molecule has 0 bridgehead atoms. The summed E-state index contributed by atoms with van der Waals surface area (Å²) in [7, 11) is 0. The lowest BCUT2D eigenvalue weighted by Crippen LogP contribution is -2.34. The maximum atomic E-state index is 10.1. The Bertz CT molecular complexity index is 431. The van der Waals surface area contributed by atoms with Gasteiger partial charge in [-0.2, -0.15) is 0 Å². The molecular weight excluding hydrogens is 274 g/mol. The van der Waals surface area contributed by atoms with E-state index in [1.54, 1.807) is 0 Å². The summed E-state index contributed by atoms with van der Waals surface area (Å²) in [6, 6.07) is 6.28. The van der Waals surface area contributed by atoms with Crippen molar-refractivity contribution in [1.29, 1.82) is 0 Å². The van der Waals surface area contributed by atoms with E-state index in [1.807, 2.05) is 0 Å². The van der Waals surface area contributed by atoms with Crippen LogP contribution >= 0.6 is 0 Å². The van der Waals surface area contributed by atoms with Gasteiger partial charge in [0.05, 0.1) is 12.7 Å². The van der Waals surface area contributed by atoms with Crippen LogP contribution in [0.2, 0.25) is 0 Å². The van der Waals surface area contributed by atoms with Gasteiger partial charge in [-0.3, -0.25) is 0 Å². The predicted molar refractivity (Wildman–Crippen MR) is 93.5 cm³/mol. The van der Waals surface area contributed by atoms with Crippen LogP contribution in [0.15, 0.2) is 18.2 Å². The lowest BCUT2D eigenvalue weighted by atomic mass is 9.95. The van der Waals surface area contributed by atoms with Crippen LogP contribution in [-0.2, 0) is 6.42 Å². The number of hydrogen-bond donors (Lipinski definition) is 2. The van der Waals surface area contributed by atoms with E-state index in [1.165, 1.54) is 11.1 Å². The van der Waals surface area contributed by atoms with Crippen LogP contribution < -0.4 is 10.5 Å². The van der Waals surface area contributed by atoms with Gasteiger partial charge in [0.2, 0.25) is 0 Å². The molecule has 1 rings (SSSR count). The average molecular weight is 307 g/mol. The summed E-state index contributed by atoms with van der Waals surface area (Å²) >= 11 is 0. The van der Waals surface area contributed by atoms with E-state index < -0.39 is 6.10 Å². The van der Waals surface area contributed by atoms with Gasteiger partial charge in [0.1, 0.15) is 5.75 Å². The highest BCUT2D eigenvalue weighted by atomic mass is 16.5. The molecule has 1 aromatic rings. The first kappa shape index (κ1) is 19.0. The molecule has 0 aliphatic heterocycles. The van der Waals surface area contributed by atoms with E-state index in [0.717, 1.165) is 38.0 Å². The maximum Gasteiger partial charge on any atom is 0.122 e. The van der Waals surface area contributed by atoms with Crippen molar-refractivity contribution in [2.24, 2.45) is 5.73 Å². The Balaban J connectivity index is 2.69. The van der Waals surface area contributed by atoms with Gasteiger partial charge in [-0.1, -0.05) is 46.2 Å². The van der Waals surface area contributed by atoms with Gasteiger partial charge in [0.25, 0.3) is 0 Å². The smallest absolute Gasteiger partial charge is 0.122 e. The van der Waals surface area contributed by atoms with Crippen molar-refractivity contribution < 1.29 is 9.84 Å². The minimum Gasteiger partial charge on any atom is -0.493 e. The van der Waals surface area contributed by atoms with Crippen LogP contribution in [0.1, 0.15) is 70.4 Å². The molecule has 3 heteroatoms. The molecule has 2 atom stereocenters. The van der Waals surface area contributed by atoms with Crippen molar-refractivity contribution in [3.8, 4) is 5.75 Å². The molecule has 0 aliphatic carbocycles. The second-order valence-electron chi connectivity index (χ2n) is 6.43. The molecular formula is C19H33NO2. The van der Waals surface area contributed by atoms with Crippen LogP contribution in [0.3, 0.4) is 0 Å². The monoisotopic (exact) mass is 307 g/mol. The Hall–Kier alpha value is -1.06. The highest BCUT2D eigenvalue weighted by Gasteiger charge is 2.15. The van der Waals surface area contributed by atoms with Crippen molar-refractivity contribution in [3.63, 3.8) is 0 Å². The molecule has 0 saturated carbocycles. The maximum absolute atomic E-state index is 10.1. The molecule has 0 spiro atoms. The Labute approximate surface area is 135 Å². The summed E-state index contributed by atoms with van der Waals surface area (Å²) in [6.45, 7) is 9.33. The fraction of sp³-hybridized carbons (Fsp3) is 0.684. The largest absolute Gasteiger partial charge is 0.493 e.